The zero-order chi connectivity index (χ0) is 19.2. The third-order valence-corrected chi connectivity index (χ3v) is 5.92. The van der Waals surface area contributed by atoms with Crippen LogP contribution in [0.2, 0.25) is 0 Å². The zero-order valence-electron chi connectivity index (χ0n) is 15.2. The molecule has 2 aliphatic rings. The number of rotatable bonds is 4. The van der Waals surface area contributed by atoms with Gasteiger partial charge in [0.2, 0.25) is 5.91 Å². The minimum Gasteiger partial charge on any atom is -0.478 e. The van der Waals surface area contributed by atoms with E-state index in [4.69, 9.17) is 0 Å². The van der Waals surface area contributed by atoms with Gasteiger partial charge < -0.3 is 10.0 Å². The number of likely N-dealkylation sites (tertiary alicyclic amines) is 1. The second kappa shape index (κ2) is 6.48. The van der Waals surface area contributed by atoms with Crippen LogP contribution in [-0.4, -0.2) is 44.8 Å². The monoisotopic (exact) mass is 371 g/mol. The van der Waals surface area contributed by atoms with Crippen molar-refractivity contribution in [1.29, 1.82) is 0 Å². The molecule has 0 atom stereocenters. The first-order valence-corrected chi connectivity index (χ1v) is 9.26. The van der Waals surface area contributed by atoms with Crippen molar-refractivity contribution in [2.45, 2.75) is 44.1 Å². The quantitative estimate of drug-likeness (QED) is 0.897. The number of nitrogens with zero attached hydrogens (tertiary/aromatic N) is 3. The van der Waals surface area contributed by atoms with E-state index in [1.165, 1.54) is 12.3 Å². The van der Waals surface area contributed by atoms with Gasteiger partial charge in [-0.05, 0) is 38.7 Å². The van der Waals surface area contributed by atoms with E-state index in [1.807, 2.05) is 4.90 Å². The summed E-state index contributed by atoms with van der Waals surface area (Å²) in [6.07, 6.45) is 4.17. The van der Waals surface area contributed by atoms with Crippen molar-refractivity contribution in [3.63, 3.8) is 0 Å². The molecule has 27 heavy (non-hydrogen) atoms. The van der Waals surface area contributed by atoms with Gasteiger partial charge in [0.15, 0.2) is 0 Å². The van der Waals surface area contributed by atoms with Gasteiger partial charge in [-0.2, -0.15) is 5.10 Å². The molecule has 2 fully saturated rings. The van der Waals surface area contributed by atoms with E-state index in [0.29, 0.717) is 50.0 Å². The van der Waals surface area contributed by atoms with Gasteiger partial charge >= 0.3 is 5.97 Å². The zero-order valence-corrected chi connectivity index (χ0v) is 15.2. The highest BCUT2D eigenvalue weighted by atomic mass is 19.1. The Hall–Kier alpha value is -2.70. The fourth-order valence-corrected chi connectivity index (χ4v) is 4.19. The first-order chi connectivity index (χ1) is 12.9. The van der Waals surface area contributed by atoms with Crippen LogP contribution in [0.1, 0.15) is 53.3 Å². The van der Waals surface area contributed by atoms with Gasteiger partial charge in [-0.15, -0.1) is 0 Å². The van der Waals surface area contributed by atoms with E-state index in [9.17, 15) is 19.1 Å². The van der Waals surface area contributed by atoms with E-state index in [0.717, 1.165) is 0 Å². The molecule has 4 rings (SSSR count). The number of hydrogen-bond acceptors (Lipinski definition) is 3. The maximum atomic E-state index is 14.2. The molecule has 1 aliphatic heterocycles. The highest BCUT2D eigenvalue weighted by Gasteiger charge is 2.54. The Morgan fingerprint density at radius 2 is 1.89 bits per heavy atom. The molecule has 2 heterocycles. The normalized spacial score (nSPS) is 19.1. The molecule has 1 aromatic carbocycles. The molecule has 0 bridgehead atoms. The molecule has 0 radical (unpaired) electrons. The number of halogens is 1. The lowest BCUT2D eigenvalue weighted by Gasteiger charge is -2.35. The Kier molecular flexibility index (Phi) is 4.25. The van der Waals surface area contributed by atoms with Crippen molar-refractivity contribution in [1.82, 2.24) is 14.7 Å². The first-order valence-electron chi connectivity index (χ1n) is 9.26. The van der Waals surface area contributed by atoms with Gasteiger partial charge in [0.05, 0.1) is 23.3 Å². The molecular formula is C20H22FN3O3. The molecule has 1 aromatic heterocycles. The second-order valence-corrected chi connectivity index (χ2v) is 7.48. The van der Waals surface area contributed by atoms with E-state index >= 15 is 0 Å². The molecule has 2 aromatic rings. The summed E-state index contributed by atoms with van der Waals surface area (Å²) in [4.78, 5) is 26.1. The lowest BCUT2D eigenvalue weighted by molar-refractivity contribution is -0.135. The summed E-state index contributed by atoms with van der Waals surface area (Å²) in [5.41, 5.74) is 0.657. The molecule has 1 aliphatic carbocycles. The van der Waals surface area contributed by atoms with Crippen LogP contribution in [0.3, 0.4) is 0 Å². The number of carbonyl (C=O) groups excluding carboxylic acids is 1. The Morgan fingerprint density at radius 3 is 2.44 bits per heavy atom. The van der Waals surface area contributed by atoms with Crippen LogP contribution in [0.5, 0.6) is 0 Å². The SMILES string of the molecule is Cc1c(C(=O)O)cnn1C1CCN(C(=O)C2(c3ccccc3F)CC2)CC1. The van der Waals surface area contributed by atoms with Crippen molar-refractivity contribution in [2.24, 2.45) is 0 Å². The number of aromatic nitrogens is 2. The lowest BCUT2D eigenvalue weighted by atomic mass is 9.92. The van der Waals surface area contributed by atoms with E-state index in [-0.39, 0.29) is 23.3 Å². The smallest absolute Gasteiger partial charge is 0.339 e. The van der Waals surface area contributed by atoms with E-state index < -0.39 is 11.4 Å². The summed E-state index contributed by atoms with van der Waals surface area (Å²) in [6.45, 7) is 2.90. The third kappa shape index (κ3) is 2.91. The first kappa shape index (κ1) is 17.7. The average Bonchev–Trinajstić information content (AvgIpc) is 3.37. The number of aromatic carboxylic acids is 1. The number of carbonyl (C=O) groups is 2. The molecule has 1 N–H and O–H groups in total. The maximum absolute atomic E-state index is 14.2. The highest BCUT2D eigenvalue weighted by molar-refractivity contribution is 5.91. The maximum Gasteiger partial charge on any atom is 0.339 e. The molecule has 6 nitrogen and oxygen atoms in total. The predicted octanol–water partition coefficient (Wildman–Crippen LogP) is 2.92. The molecule has 1 saturated carbocycles. The molecule has 142 valence electrons. The van der Waals surface area contributed by atoms with Crippen molar-refractivity contribution >= 4 is 11.9 Å². The van der Waals surface area contributed by atoms with Crippen LogP contribution in [0, 0.1) is 12.7 Å². The minimum absolute atomic E-state index is 0.00876. The molecule has 1 saturated heterocycles. The summed E-state index contributed by atoms with van der Waals surface area (Å²) in [5.74, 6) is -1.28. The summed E-state index contributed by atoms with van der Waals surface area (Å²) < 4.78 is 16.0. The minimum atomic E-state index is -0.980. The molecule has 7 heteroatoms. The van der Waals surface area contributed by atoms with Crippen LogP contribution < -0.4 is 0 Å². The van der Waals surface area contributed by atoms with Gasteiger partial charge in [-0.3, -0.25) is 9.48 Å². The van der Waals surface area contributed by atoms with Gasteiger partial charge in [0.25, 0.3) is 0 Å². The number of benzene rings is 1. The van der Waals surface area contributed by atoms with Crippen LogP contribution in [0.4, 0.5) is 4.39 Å². The molecule has 0 unspecified atom stereocenters. The molecule has 0 spiro atoms. The third-order valence-electron chi connectivity index (χ3n) is 5.92. The van der Waals surface area contributed by atoms with Crippen LogP contribution in [-0.2, 0) is 10.2 Å². The second-order valence-electron chi connectivity index (χ2n) is 7.48. The Labute approximate surface area is 156 Å². The average molecular weight is 371 g/mol. The Morgan fingerprint density at radius 1 is 1.22 bits per heavy atom. The molecule has 1 amide bonds. The highest BCUT2D eigenvalue weighted by Crippen LogP contribution is 2.50. The van der Waals surface area contributed by atoms with Gasteiger partial charge in [-0.1, -0.05) is 18.2 Å². The van der Waals surface area contributed by atoms with E-state index in [2.05, 4.69) is 5.10 Å². The van der Waals surface area contributed by atoms with Gasteiger partial charge in [0, 0.05) is 18.7 Å². The topological polar surface area (TPSA) is 75.4 Å². The summed E-state index contributed by atoms with van der Waals surface area (Å²) in [7, 11) is 0. The van der Waals surface area contributed by atoms with Crippen LogP contribution in [0.25, 0.3) is 0 Å². The summed E-state index contributed by atoms with van der Waals surface area (Å²) in [6, 6.07) is 6.62. The number of hydrogen-bond donors (Lipinski definition) is 1. The number of carboxylic acids is 1. The van der Waals surface area contributed by atoms with Crippen LogP contribution in [0.15, 0.2) is 30.5 Å². The van der Waals surface area contributed by atoms with Crippen LogP contribution >= 0.6 is 0 Å². The van der Waals surface area contributed by atoms with Crippen molar-refractivity contribution < 1.29 is 19.1 Å². The predicted molar refractivity (Wildman–Crippen MR) is 96.1 cm³/mol. The Balaban J connectivity index is 1.46. The van der Waals surface area contributed by atoms with Gasteiger partial charge in [0.1, 0.15) is 11.4 Å². The number of piperidine rings is 1. The standard InChI is InChI=1S/C20H22FN3O3/c1-13-15(18(25)26)12-22-24(13)14-6-10-23(11-7-14)19(27)20(8-9-20)16-4-2-3-5-17(16)21/h2-5,12,14H,6-11H2,1H3,(H,25,26). The largest absolute Gasteiger partial charge is 0.478 e. The summed E-state index contributed by atoms with van der Waals surface area (Å²) in [5, 5.41) is 13.4. The Bertz CT molecular complexity index is 896. The fraction of sp³-hybridized carbons (Fsp3) is 0.450. The van der Waals surface area contributed by atoms with Crippen molar-refractivity contribution in [3.8, 4) is 0 Å². The van der Waals surface area contributed by atoms with Crippen molar-refractivity contribution in [2.75, 3.05) is 13.1 Å². The fourth-order valence-electron chi connectivity index (χ4n) is 4.19. The lowest BCUT2D eigenvalue weighted by Crippen LogP contribution is -2.44. The van der Waals surface area contributed by atoms with Gasteiger partial charge in [-0.25, -0.2) is 9.18 Å². The van der Waals surface area contributed by atoms with Crippen molar-refractivity contribution in [3.05, 3.63) is 53.1 Å². The van der Waals surface area contributed by atoms with E-state index in [1.54, 1.807) is 29.8 Å². The number of carboxylic acid groups (broad SMARTS) is 1. The molecular weight excluding hydrogens is 349 g/mol. The number of amides is 1. The summed E-state index contributed by atoms with van der Waals surface area (Å²) >= 11 is 0.